The van der Waals surface area contributed by atoms with Crippen molar-refractivity contribution in [3.63, 3.8) is 0 Å². The Labute approximate surface area is 288 Å². The lowest BCUT2D eigenvalue weighted by Crippen LogP contribution is -2.42. The third-order valence-electron chi connectivity index (χ3n) is 8.60. The summed E-state index contributed by atoms with van der Waals surface area (Å²) in [4.78, 5) is 71.6. The zero-order valence-corrected chi connectivity index (χ0v) is 29.3. The molecular formula is C34H59NO14. The zero-order valence-electron chi connectivity index (χ0n) is 29.3. The molecule has 0 aromatic heterocycles. The van der Waals surface area contributed by atoms with E-state index in [9.17, 15) is 49.2 Å². The molecule has 9 atom stereocenters. The van der Waals surface area contributed by atoms with Crippen LogP contribution in [0.2, 0.25) is 0 Å². The molecule has 0 aromatic carbocycles. The monoisotopic (exact) mass is 705 g/mol. The molecule has 0 radical (unpaired) electrons. The number of aliphatic hydroxyl groups is 2. The molecule has 0 saturated heterocycles. The normalized spacial score (nSPS) is 17.0. The fourth-order valence-electron chi connectivity index (χ4n) is 5.58. The van der Waals surface area contributed by atoms with Crippen LogP contribution in [0, 0.1) is 23.7 Å². The topological polar surface area (TPSA) is 268 Å². The molecule has 0 aliphatic heterocycles. The van der Waals surface area contributed by atoms with E-state index in [0.29, 0.717) is 19.3 Å². The highest BCUT2D eigenvalue weighted by Crippen LogP contribution is 2.29. The van der Waals surface area contributed by atoms with Crippen molar-refractivity contribution in [3.05, 3.63) is 0 Å². The Morgan fingerprint density at radius 2 is 1.12 bits per heavy atom. The second kappa shape index (κ2) is 24.8. The molecule has 0 bridgehead atoms. The number of aliphatic hydroxyl groups excluding tert-OH is 2. The molecule has 15 heteroatoms. The number of hydrogen-bond acceptors (Lipinski definition) is 11. The maximum Gasteiger partial charge on any atom is 0.307 e. The molecule has 284 valence electrons. The quantitative estimate of drug-likeness (QED) is 0.0433. The first-order valence-corrected chi connectivity index (χ1v) is 17.3. The number of esters is 2. The Balaban J connectivity index is 5.84. The number of carbonyl (C=O) groups is 6. The first kappa shape index (κ1) is 45.7. The Hall–Kier alpha value is -3.30. The smallest absolute Gasteiger partial charge is 0.307 e. The van der Waals surface area contributed by atoms with E-state index >= 15 is 0 Å². The largest absolute Gasteiger partial charge is 0.481 e. The summed E-state index contributed by atoms with van der Waals surface area (Å²) < 4.78 is 11.5. The average molecular weight is 706 g/mol. The highest BCUT2D eigenvalue weighted by molar-refractivity contribution is 5.83. The minimum atomic E-state index is -1.55. The molecule has 0 spiro atoms. The molecule has 8 N–H and O–H groups in total. The SMILES string of the molecule is CCCC[C@H](C)[C@H](OC(=O)C[C@H](CC(=O)O)C(=O)O)[C@H](C[C@H](C)CCCCCC[C@H](O)C[C@H](O)[C@H](C)N)OC(=O)C[C@@H](CC(=O)O)C(=O)O. The predicted octanol–water partition coefficient (Wildman–Crippen LogP) is 3.59. The van der Waals surface area contributed by atoms with E-state index < -0.39 is 110 Å². The van der Waals surface area contributed by atoms with Crippen LogP contribution in [0.4, 0.5) is 0 Å². The molecule has 0 heterocycles. The third-order valence-corrected chi connectivity index (χ3v) is 8.60. The summed E-state index contributed by atoms with van der Waals surface area (Å²) in [5.74, 6) is -11.3. The molecule has 0 unspecified atom stereocenters. The fourth-order valence-corrected chi connectivity index (χ4v) is 5.58. The van der Waals surface area contributed by atoms with E-state index in [2.05, 4.69) is 0 Å². The van der Waals surface area contributed by atoms with E-state index in [4.69, 9.17) is 25.4 Å². The standard InChI is InChI=1S/C34H59NO14/c1-5-6-12-21(3)32(49-31(43)18-24(34(46)47)16-29(40)41)27(48-30(42)17-23(33(44)45)15-28(38)39)14-20(2)11-9-7-8-10-13-25(36)19-26(37)22(4)35/h20-27,32,36-37H,5-19,35H2,1-4H3,(H,38,39)(H,40,41)(H,44,45)(H,46,47)/t20-,21+,22+,23-,24+,25+,26+,27+,32+/m1/s1. The average Bonchev–Trinajstić information content (AvgIpc) is 2.98. The molecular weight excluding hydrogens is 646 g/mol. The van der Waals surface area contributed by atoms with Crippen molar-refractivity contribution < 1.29 is 68.9 Å². The lowest BCUT2D eigenvalue weighted by Gasteiger charge is -2.33. The van der Waals surface area contributed by atoms with E-state index in [1.807, 2.05) is 13.8 Å². The molecule has 0 rings (SSSR count). The molecule has 49 heavy (non-hydrogen) atoms. The highest BCUT2D eigenvalue weighted by atomic mass is 16.6. The number of rotatable bonds is 29. The Morgan fingerprint density at radius 1 is 0.633 bits per heavy atom. The molecule has 0 aromatic rings. The van der Waals surface area contributed by atoms with Crippen LogP contribution in [0.25, 0.3) is 0 Å². The van der Waals surface area contributed by atoms with Crippen molar-refractivity contribution in [2.24, 2.45) is 29.4 Å². The van der Waals surface area contributed by atoms with E-state index in [1.54, 1.807) is 13.8 Å². The van der Waals surface area contributed by atoms with Gasteiger partial charge in [-0.15, -0.1) is 0 Å². The van der Waals surface area contributed by atoms with Crippen LogP contribution in [-0.4, -0.2) is 96.9 Å². The molecule has 0 fully saturated rings. The van der Waals surface area contributed by atoms with Gasteiger partial charge in [-0.1, -0.05) is 65.7 Å². The summed E-state index contributed by atoms with van der Waals surface area (Å²) in [5.41, 5.74) is 5.64. The van der Waals surface area contributed by atoms with Crippen LogP contribution in [0.5, 0.6) is 0 Å². The van der Waals surface area contributed by atoms with Gasteiger partial charge in [0.1, 0.15) is 12.2 Å². The molecule has 0 aliphatic carbocycles. The van der Waals surface area contributed by atoms with Crippen molar-refractivity contribution in [1.29, 1.82) is 0 Å². The van der Waals surface area contributed by atoms with Gasteiger partial charge in [0.25, 0.3) is 0 Å². The van der Waals surface area contributed by atoms with Crippen molar-refractivity contribution in [2.45, 2.75) is 154 Å². The maximum absolute atomic E-state index is 13.0. The summed E-state index contributed by atoms with van der Waals surface area (Å²) in [5, 5.41) is 57.0. The van der Waals surface area contributed by atoms with Crippen LogP contribution in [0.1, 0.15) is 124 Å². The summed E-state index contributed by atoms with van der Waals surface area (Å²) >= 11 is 0. The van der Waals surface area contributed by atoms with E-state index in [-0.39, 0.29) is 18.8 Å². The van der Waals surface area contributed by atoms with Crippen LogP contribution in [0.15, 0.2) is 0 Å². The van der Waals surface area contributed by atoms with Gasteiger partial charge in [-0.3, -0.25) is 28.8 Å². The molecule has 0 aliphatic rings. The number of aliphatic carboxylic acids is 4. The van der Waals surface area contributed by atoms with Gasteiger partial charge in [0.05, 0.1) is 49.7 Å². The fraction of sp³-hybridized carbons (Fsp3) is 0.824. The molecule has 0 amide bonds. The first-order valence-electron chi connectivity index (χ1n) is 17.3. The van der Waals surface area contributed by atoms with Crippen molar-refractivity contribution in [2.75, 3.05) is 0 Å². The van der Waals surface area contributed by atoms with Gasteiger partial charge in [-0.05, 0) is 38.0 Å². The Morgan fingerprint density at radius 3 is 1.57 bits per heavy atom. The number of carbonyl (C=O) groups excluding carboxylic acids is 2. The number of unbranched alkanes of at least 4 members (excludes halogenated alkanes) is 4. The number of carboxylic acid groups (broad SMARTS) is 4. The predicted molar refractivity (Wildman–Crippen MR) is 176 cm³/mol. The summed E-state index contributed by atoms with van der Waals surface area (Å²) in [6, 6.07) is -0.432. The van der Waals surface area contributed by atoms with Crippen LogP contribution < -0.4 is 5.73 Å². The second-order valence-corrected chi connectivity index (χ2v) is 13.4. The first-order chi connectivity index (χ1) is 22.9. The van der Waals surface area contributed by atoms with Crippen molar-refractivity contribution in [1.82, 2.24) is 0 Å². The van der Waals surface area contributed by atoms with Crippen molar-refractivity contribution >= 4 is 35.8 Å². The van der Waals surface area contributed by atoms with Gasteiger partial charge in [0, 0.05) is 12.5 Å². The van der Waals surface area contributed by atoms with Gasteiger partial charge in [0.15, 0.2) is 0 Å². The zero-order chi connectivity index (χ0) is 37.7. The molecule has 0 saturated carbocycles. The summed E-state index contributed by atoms with van der Waals surface area (Å²) in [7, 11) is 0. The minimum absolute atomic E-state index is 0.0859. The van der Waals surface area contributed by atoms with Gasteiger partial charge in [0.2, 0.25) is 0 Å². The van der Waals surface area contributed by atoms with Gasteiger partial charge >= 0.3 is 35.8 Å². The van der Waals surface area contributed by atoms with E-state index in [1.165, 1.54) is 0 Å². The third kappa shape index (κ3) is 21.4. The second-order valence-electron chi connectivity index (χ2n) is 13.4. The number of nitrogens with two attached hydrogens (primary N) is 1. The number of ether oxygens (including phenoxy) is 2. The maximum atomic E-state index is 13.0. The summed E-state index contributed by atoms with van der Waals surface area (Å²) in [6.45, 7) is 7.31. The Kier molecular flexibility index (Phi) is 23.1. The highest BCUT2D eigenvalue weighted by Gasteiger charge is 2.37. The van der Waals surface area contributed by atoms with Gasteiger partial charge < -0.3 is 45.8 Å². The van der Waals surface area contributed by atoms with Gasteiger partial charge in [-0.2, -0.15) is 0 Å². The lowest BCUT2D eigenvalue weighted by atomic mass is 9.87. The van der Waals surface area contributed by atoms with Crippen LogP contribution in [-0.2, 0) is 38.2 Å². The summed E-state index contributed by atoms with van der Waals surface area (Å²) in [6.07, 6.45) is 0.203. The van der Waals surface area contributed by atoms with Gasteiger partial charge in [-0.25, -0.2) is 0 Å². The lowest BCUT2D eigenvalue weighted by molar-refractivity contribution is -0.177. The van der Waals surface area contributed by atoms with Crippen LogP contribution >= 0.6 is 0 Å². The van der Waals surface area contributed by atoms with Crippen LogP contribution in [0.3, 0.4) is 0 Å². The number of carboxylic acids is 4. The Bertz CT molecular complexity index is 1030. The molecule has 15 nitrogen and oxygen atoms in total. The van der Waals surface area contributed by atoms with E-state index in [0.717, 1.165) is 38.5 Å². The number of hydrogen-bond donors (Lipinski definition) is 7. The van der Waals surface area contributed by atoms with Crippen molar-refractivity contribution in [3.8, 4) is 0 Å². The minimum Gasteiger partial charge on any atom is -0.481 e.